The van der Waals surface area contributed by atoms with Crippen molar-refractivity contribution in [1.29, 1.82) is 0 Å². The number of aromatic nitrogens is 2. The predicted molar refractivity (Wildman–Crippen MR) is 117 cm³/mol. The number of carbonyl (C=O) groups excluding carboxylic acids is 1. The highest BCUT2D eigenvalue weighted by molar-refractivity contribution is 5.92. The number of methoxy groups -OCH3 is 1. The van der Waals surface area contributed by atoms with E-state index in [4.69, 9.17) is 9.84 Å². The summed E-state index contributed by atoms with van der Waals surface area (Å²) < 4.78 is 32.5. The lowest BCUT2D eigenvalue weighted by Gasteiger charge is -2.20. The van der Waals surface area contributed by atoms with Gasteiger partial charge < -0.3 is 9.64 Å². The van der Waals surface area contributed by atoms with Crippen LogP contribution in [0.25, 0.3) is 17.3 Å². The van der Waals surface area contributed by atoms with E-state index in [1.165, 1.54) is 13.2 Å². The van der Waals surface area contributed by atoms with Gasteiger partial charge in [0.1, 0.15) is 0 Å². The zero-order valence-corrected chi connectivity index (χ0v) is 17.3. The number of halogens is 2. The van der Waals surface area contributed by atoms with E-state index in [9.17, 15) is 13.6 Å². The number of alkyl halides is 2. The first-order valence-electron chi connectivity index (χ1n) is 9.97. The smallest absolute Gasteiger partial charge is 0.255 e. The van der Waals surface area contributed by atoms with Crippen LogP contribution in [0.3, 0.4) is 0 Å². The second-order valence-electron chi connectivity index (χ2n) is 6.98. The average Bonchev–Trinajstić information content (AvgIpc) is 3.18. The van der Waals surface area contributed by atoms with E-state index in [-0.39, 0.29) is 13.2 Å². The Hall–Kier alpha value is -3.32. The molecule has 0 saturated carbocycles. The maximum absolute atomic E-state index is 12.9. The second kappa shape index (κ2) is 11.2. The number of amides is 1. The number of nitrogens with zero attached hydrogens (tertiary/aromatic N) is 3. The van der Waals surface area contributed by atoms with Crippen LogP contribution in [0, 0.1) is 0 Å². The molecule has 0 N–H and O–H groups in total. The molecule has 3 rings (SSSR count). The summed E-state index contributed by atoms with van der Waals surface area (Å²) in [4.78, 5) is 13.6. The van der Waals surface area contributed by atoms with E-state index in [0.717, 1.165) is 27.3 Å². The summed E-state index contributed by atoms with van der Waals surface area (Å²) in [5, 5.41) is 4.70. The van der Waals surface area contributed by atoms with Crippen LogP contribution < -0.4 is 0 Å². The van der Waals surface area contributed by atoms with Crippen LogP contribution in [-0.4, -0.2) is 53.8 Å². The van der Waals surface area contributed by atoms with Crippen molar-refractivity contribution in [3.8, 4) is 11.3 Å². The van der Waals surface area contributed by atoms with Gasteiger partial charge in [0, 0.05) is 37.1 Å². The standard InChI is InChI=1S/C24H25F2N3O2/c1-31-15-14-28(18-22(25)26)23(30)13-12-21-17-29(16-19-8-4-2-5-9-19)27-24(21)20-10-6-3-7-11-20/h2-13,17,22H,14-16,18H2,1H3/b13-12+. The van der Waals surface area contributed by atoms with Gasteiger partial charge in [-0.2, -0.15) is 5.10 Å². The van der Waals surface area contributed by atoms with Crippen molar-refractivity contribution in [2.45, 2.75) is 13.0 Å². The maximum Gasteiger partial charge on any atom is 0.255 e. The van der Waals surface area contributed by atoms with Gasteiger partial charge in [-0.05, 0) is 11.6 Å². The molecule has 0 spiro atoms. The van der Waals surface area contributed by atoms with Crippen molar-refractivity contribution >= 4 is 12.0 Å². The van der Waals surface area contributed by atoms with Gasteiger partial charge in [0.2, 0.25) is 5.91 Å². The molecule has 1 aromatic heterocycles. The highest BCUT2D eigenvalue weighted by Gasteiger charge is 2.16. The van der Waals surface area contributed by atoms with Crippen LogP contribution in [0.1, 0.15) is 11.1 Å². The molecule has 5 nitrogen and oxygen atoms in total. The third-order valence-electron chi connectivity index (χ3n) is 4.67. The molecule has 0 atom stereocenters. The molecule has 0 aliphatic carbocycles. The van der Waals surface area contributed by atoms with Crippen molar-refractivity contribution in [2.75, 3.05) is 26.8 Å². The Kier molecular flexibility index (Phi) is 8.06. The van der Waals surface area contributed by atoms with Crippen LogP contribution in [0.4, 0.5) is 8.78 Å². The number of hydrogen-bond donors (Lipinski definition) is 0. The minimum atomic E-state index is -2.61. The first kappa shape index (κ1) is 22.4. The molecular weight excluding hydrogens is 400 g/mol. The molecule has 0 radical (unpaired) electrons. The summed E-state index contributed by atoms with van der Waals surface area (Å²) in [5.41, 5.74) is 3.46. The minimum absolute atomic E-state index is 0.100. The SMILES string of the molecule is COCCN(CC(F)F)C(=O)/C=C/c1cn(Cc2ccccc2)nc1-c1ccccc1. The van der Waals surface area contributed by atoms with Crippen LogP contribution in [-0.2, 0) is 16.1 Å². The van der Waals surface area contributed by atoms with E-state index in [2.05, 4.69) is 0 Å². The highest BCUT2D eigenvalue weighted by Crippen LogP contribution is 2.23. The Morgan fingerprint density at radius 1 is 1.13 bits per heavy atom. The molecule has 0 aliphatic rings. The molecule has 2 aromatic carbocycles. The Morgan fingerprint density at radius 3 is 2.45 bits per heavy atom. The molecule has 162 valence electrons. The summed E-state index contributed by atoms with van der Waals surface area (Å²) in [6, 6.07) is 19.5. The van der Waals surface area contributed by atoms with Crippen LogP contribution in [0.15, 0.2) is 72.9 Å². The first-order chi connectivity index (χ1) is 15.1. The third kappa shape index (κ3) is 6.58. The Balaban J connectivity index is 1.86. The van der Waals surface area contributed by atoms with E-state index >= 15 is 0 Å². The summed E-state index contributed by atoms with van der Waals surface area (Å²) in [5.74, 6) is -0.493. The van der Waals surface area contributed by atoms with Crippen molar-refractivity contribution in [3.63, 3.8) is 0 Å². The lowest BCUT2D eigenvalue weighted by molar-refractivity contribution is -0.128. The zero-order valence-electron chi connectivity index (χ0n) is 17.3. The van der Waals surface area contributed by atoms with Gasteiger partial charge in [-0.1, -0.05) is 60.7 Å². The monoisotopic (exact) mass is 425 g/mol. The molecule has 0 bridgehead atoms. The van der Waals surface area contributed by atoms with Gasteiger partial charge >= 0.3 is 0 Å². The maximum atomic E-state index is 12.9. The molecule has 7 heteroatoms. The number of ether oxygens (including phenoxy) is 1. The van der Waals surface area contributed by atoms with Gasteiger partial charge in [0.25, 0.3) is 6.43 Å². The molecular formula is C24H25F2N3O2. The van der Waals surface area contributed by atoms with Crippen molar-refractivity contribution in [1.82, 2.24) is 14.7 Å². The Bertz CT molecular complexity index is 989. The molecule has 0 unspecified atom stereocenters. The average molecular weight is 425 g/mol. The number of rotatable bonds is 10. The van der Waals surface area contributed by atoms with Gasteiger partial charge in [-0.25, -0.2) is 8.78 Å². The van der Waals surface area contributed by atoms with Gasteiger partial charge in [0.05, 0.1) is 25.4 Å². The molecule has 0 aliphatic heterocycles. The topological polar surface area (TPSA) is 47.4 Å². The van der Waals surface area contributed by atoms with E-state index in [0.29, 0.717) is 6.54 Å². The number of benzene rings is 2. The van der Waals surface area contributed by atoms with Crippen molar-refractivity contribution in [3.05, 3.63) is 84.1 Å². The van der Waals surface area contributed by atoms with Gasteiger partial charge in [-0.15, -0.1) is 0 Å². The first-order valence-corrected chi connectivity index (χ1v) is 9.97. The Morgan fingerprint density at radius 2 is 1.81 bits per heavy atom. The quantitative estimate of drug-likeness (QED) is 0.454. The fraction of sp³-hybridized carbons (Fsp3) is 0.250. The normalized spacial score (nSPS) is 11.4. The summed E-state index contributed by atoms with van der Waals surface area (Å²) in [6.45, 7) is 0.235. The van der Waals surface area contributed by atoms with E-state index in [1.807, 2.05) is 71.5 Å². The van der Waals surface area contributed by atoms with Crippen LogP contribution in [0.2, 0.25) is 0 Å². The van der Waals surface area contributed by atoms with Gasteiger partial charge in [0.15, 0.2) is 0 Å². The van der Waals surface area contributed by atoms with Crippen molar-refractivity contribution < 1.29 is 18.3 Å². The Labute approximate surface area is 180 Å². The predicted octanol–water partition coefficient (Wildman–Crippen LogP) is 4.35. The van der Waals surface area contributed by atoms with E-state index < -0.39 is 18.9 Å². The lowest BCUT2D eigenvalue weighted by Crippen LogP contribution is -2.36. The van der Waals surface area contributed by atoms with Crippen molar-refractivity contribution in [2.24, 2.45) is 0 Å². The molecule has 1 amide bonds. The minimum Gasteiger partial charge on any atom is -0.383 e. The van der Waals surface area contributed by atoms with E-state index in [1.54, 1.807) is 6.08 Å². The second-order valence-corrected chi connectivity index (χ2v) is 6.98. The zero-order chi connectivity index (χ0) is 22.1. The number of hydrogen-bond acceptors (Lipinski definition) is 3. The van der Waals surface area contributed by atoms with Crippen LogP contribution in [0.5, 0.6) is 0 Å². The number of carbonyl (C=O) groups is 1. The highest BCUT2D eigenvalue weighted by atomic mass is 19.3. The van der Waals surface area contributed by atoms with Gasteiger partial charge in [-0.3, -0.25) is 9.48 Å². The summed E-state index contributed by atoms with van der Waals surface area (Å²) >= 11 is 0. The van der Waals surface area contributed by atoms with Crippen LogP contribution >= 0.6 is 0 Å². The molecule has 0 fully saturated rings. The molecule has 31 heavy (non-hydrogen) atoms. The molecule has 1 heterocycles. The third-order valence-corrected chi connectivity index (χ3v) is 4.67. The lowest BCUT2D eigenvalue weighted by atomic mass is 10.1. The molecule has 3 aromatic rings. The fourth-order valence-corrected chi connectivity index (χ4v) is 3.16. The fourth-order valence-electron chi connectivity index (χ4n) is 3.16. The summed E-state index contributed by atoms with van der Waals surface area (Å²) in [7, 11) is 1.47. The largest absolute Gasteiger partial charge is 0.383 e. The molecule has 0 saturated heterocycles. The summed E-state index contributed by atoms with van der Waals surface area (Å²) in [6.07, 6.45) is 2.19.